The number of rotatable bonds is 12. The van der Waals surface area contributed by atoms with Gasteiger partial charge in [-0.05, 0) is 6.42 Å². The molecule has 0 aliphatic rings. The molecule has 0 aromatic heterocycles. The van der Waals surface area contributed by atoms with Crippen LogP contribution in [0, 0.1) is 0 Å². The fraction of sp³-hybridized carbons (Fsp3) is 0.750. The maximum Gasteiger partial charge on any atom is 0.320 e. The first-order valence-electron chi connectivity index (χ1n) is 8.35. The van der Waals surface area contributed by atoms with Crippen molar-refractivity contribution in [3.63, 3.8) is 0 Å². The lowest BCUT2D eigenvalue weighted by atomic mass is 10.1. The number of carboxylic acid groups (broad SMARTS) is 2. The molecule has 0 spiro atoms. The number of quaternary nitrogens is 1. The van der Waals surface area contributed by atoms with E-state index in [4.69, 9.17) is 15.9 Å². The highest BCUT2D eigenvalue weighted by Gasteiger charge is 2.23. The third kappa shape index (κ3) is 11.4. The fourth-order valence-electron chi connectivity index (χ4n) is 2.33. The van der Waals surface area contributed by atoms with E-state index in [1.54, 1.807) is 0 Å². The van der Waals surface area contributed by atoms with Gasteiger partial charge in [0.2, 0.25) is 11.8 Å². The van der Waals surface area contributed by atoms with E-state index >= 15 is 0 Å². The number of carboxylic acids is 2. The zero-order valence-electron chi connectivity index (χ0n) is 15.9. The summed E-state index contributed by atoms with van der Waals surface area (Å²) in [6, 6.07) is -1.57. The second-order valence-corrected chi connectivity index (χ2v) is 7.38. The van der Waals surface area contributed by atoms with E-state index < -0.39 is 29.9 Å². The van der Waals surface area contributed by atoms with Gasteiger partial charge in [0.05, 0.1) is 40.2 Å². The van der Waals surface area contributed by atoms with Crippen LogP contribution in [0.25, 0.3) is 0 Å². The summed E-state index contributed by atoms with van der Waals surface area (Å²) in [7, 11) is 7.18. The molecule has 2 atom stereocenters. The van der Waals surface area contributed by atoms with Crippen LogP contribution in [0.4, 0.5) is 0 Å². The molecule has 0 aromatic carbocycles. The van der Waals surface area contributed by atoms with Gasteiger partial charge in [0.25, 0.3) is 0 Å². The SMILES string of the molecule is CN(CC[C@H](N)C(=O)O)C(=O)CCC(=O)N[C@H](CC(=O)O)C[N+](C)(C)C. The number of nitrogens with one attached hydrogen (secondary N) is 1. The monoisotopic (exact) mass is 375 g/mol. The van der Waals surface area contributed by atoms with Gasteiger partial charge in [0.1, 0.15) is 6.04 Å². The summed E-state index contributed by atoms with van der Waals surface area (Å²) in [5.74, 6) is -2.84. The minimum absolute atomic E-state index is 0.0468. The third-order valence-corrected chi connectivity index (χ3v) is 3.64. The van der Waals surface area contributed by atoms with E-state index in [1.165, 1.54) is 11.9 Å². The van der Waals surface area contributed by atoms with Gasteiger partial charge in [-0.25, -0.2) is 0 Å². The summed E-state index contributed by atoms with van der Waals surface area (Å²) < 4.78 is 0.490. The Morgan fingerprint density at radius 3 is 2.15 bits per heavy atom. The Balaban J connectivity index is 4.41. The van der Waals surface area contributed by atoms with E-state index in [0.29, 0.717) is 11.0 Å². The highest BCUT2D eigenvalue weighted by atomic mass is 16.4. The lowest BCUT2D eigenvalue weighted by Gasteiger charge is -2.29. The molecule has 0 unspecified atom stereocenters. The normalized spacial score (nSPS) is 13.6. The smallest absolute Gasteiger partial charge is 0.320 e. The Morgan fingerprint density at radius 2 is 1.69 bits per heavy atom. The molecule has 0 saturated carbocycles. The first kappa shape index (κ1) is 23.8. The van der Waals surface area contributed by atoms with Crippen molar-refractivity contribution in [2.24, 2.45) is 5.73 Å². The number of carbonyl (C=O) groups excluding carboxylic acids is 2. The molecule has 0 heterocycles. The molecule has 0 fully saturated rings. The zero-order chi connectivity index (χ0) is 20.5. The fourth-order valence-corrected chi connectivity index (χ4v) is 2.33. The van der Waals surface area contributed by atoms with Crippen LogP contribution in [0.2, 0.25) is 0 Å². The lowest BCUT2D eigenvalue weighted by molar-refractivity contribution is -0.871. The number of nitrogens with two attached hydrogens (primary N) is 1. The molecule has 5 N–H and O–H groups in total. The van der Waals surface area contributed by atoms with Crippen molar-refractivity contribution < 1.29 is 33.9 Å². The molecule has 0 aromatic rings. The van der Waals surface area contributed by atoms with Gasteiger partial charge >= 0.3 is 11.9 Å². The summed E-state index contributed by atoms with van der Waals surface area (Å²) in [6.45, 7) is 0.621. The molecule has 2 amide bonds. The zero-order valence-corrected chi connectivity index (χ0v) is 15.9. The highest BCUT2D eigenvalue weighted by molar-refractivity contribution is 5.84. The molecule has 10 heteroatoms. The van der Waals surface area contributed by atoms with Gasteiger partial charge in [0, 0.05) is 26.4 Å². The average molecular weight is 375 g/mol. The standard InChI is InChI=1S/C16H30N4O6/c1-19(8-7-12(17)16(25)26)14(22)6-5-13(21)18-11(9-15(23)24)10-20(2,3)4/h11-12H,5-10,17H2,1-4H3,(H2-,18,21,23,24,25,26)/p+1/t11-,12+/m1/s1. The number of likely N-dealkylation sites (N-methyl/N-ethyl adjacent to an activating group) is 1. The van der Waals surface area contributed by atoms with Gasteiger partial charge in [0.15, 0.2) is 0 Å². The van der Waals surface area contributed by atoms with Gasteiger partial charge in [-0.15, -0.1) is 0 Å². The van der Waals surface area contributed by atoms with Crippen LogP contribution in [-0.2, 0) is 19.2 Å². The second kappa shape index (κ2) is 10.7. The molecule has 150 valence electrons. The van der Waals surface area contributed by atoms with Crippen LogP contribution >= 0.6 is 0 Å². The number of hydrogen-bond acceptors (Lipinski definition) is 5. The molecule has 0 rings (SSSR count). The molecule has 0 radical (unpaired) electrons. The Morgan fingerprint density at radius 1 is 1.12 bits per heavy atom. The van der Waals surface area contributed by atoms with Crippen molar-refractivity contribution in [1.29, 1.82) is 0 Å². The van der Waals surface area contributed by atoms with Crippen molar-refractivity contribution in [1.82, 2.24) is 10.2 Å². The summed E-state index contributed by atoms with van der Waals surface area (Å²) in [5, 5.41) is 20.3. The van der Waals surface area contributed by atoms with E-state index in [9.17, 15) is 19.2 Å². The number of carbonyl (C=O) groups is 4. The predicted molar refractivity (Wildman–Crippen MR) is 94.2 cm³/mol. The van der Waals surface area contributed by atoms with Crippen molar-refractivity contribution >= 4 is 23.8 Å². The first-order valence-corrected chi connectivity index (χ1v) is 8.35. The van der Waals surface area contributed by atoms with Crippen molar-refractivity contribution in [2.45, 2.75) is 37.8 Å². The van der Waals surface area contributed by atoms with E-state index in [2.05, 4.69) is 5.32 Å². The van der Waals surface area contributed by atoms with Gasteiger partial charge in [-0.2, -0.15) is 0 Å². The number of amides is 2. The van der Waals surface area contributed by atoms with Crippen LogP contribution in [0.15, 0.2) is 0 Å². The largest absolute Gasteiger partial charge is 0.481 e. The van der Waals surface area contributed by atoms with Crippen LogP contribution in [0.5, 0.6) is 0 Å². The number of hydrogen-bond donors (Lipinski definition) is 4. The van der Waals surface area contributed by atoms with Gasteiger partial charge in [-0.3, -0.25) is 19.2 Å². The lowest BCUT2D eigenvalue weighted by Crippen LogP contribution is -2.49. The van der Waals surface area contributed by atoms with E-state index in [-0.39, 0.29) is 38.1 Å². The molecule has 0 aliphatic heterocycles. The molecular formula is C16H31N4O6+. The van der Waals surface area contributed by atoms with Crippen LogP contribution in [0.1, 0.15) is 25.7 Å². The highest BCUT2D eigenvalue weighted by Crippen LogP contribution is 2.03. The first-order chi connectivity index (χ1) is 11.8. The minimum atomic E-state index is -1.13. The van der Waals surface area contributed by atoms with Crippen molar-refractivity contribution in [2.75, 3.05) is 41.3 Å². The van der Waals surface area contributed by atoms with Crippen molar-refractivity contribution in [3.05, 3.63) is 0 Å². The van der Waals surface area contributed by atoms with E-state index in [1.807, 2.05) is 21.1 Å². The minimum Gasteiger partial charge on any atom is -0.481 e. The van der Waals surface area contributed by atoms with Crippen LogP contribution in [-0.4, -0.2) is 96.7 Å². The second-order valence-electron chi connectivity index (χ2n) is 7.38. The summed E-state index contributed by atoms with van der Waals surface area (Å²) >= 11 is 0. The summed E-state index contributed by atoms with van der Waals surface area (Å²) in [5.41, 5.74) is 5.38. The van der Waals surface area contributed by atoms with Gasteiger partial charge in [-0.1, -0.05) is 0 Å². The maximum absolute atomic E-state index is 12.0. The Bertz CT molecular complexity index is 517. The van der Waals surface area contributed by atoms with Crippen molar-refractivity contribution in [3.8, 4) is 0 Å². The molecule has 0 bridgehead atoms. The topological polar surface area (TPSA) is 150 Å². The summed E-state index contributed by atoms with van der Waals surface area (Å²) in [6.07, 6.45) is -0.188. The molecule has 0 saturated heterocycles. The molecule has 26 heavy (non-hydrogen) atoms. The molecule has 0 aliphatic carbocycles. The third-order valence-electron chi connectivity index (χ3n) is 3.64. The van der Waals surface area contributed by atoms with Gasteiger partial charge < -0.3 is 30.6 Å². The molecular weight excluding hydrogens is 344 g/mol. The van der Waals surface area contributed by atoms with E-state index in [0.717, 1.165) is 0 Å². The summed E-state index contributed by atoms with van der Waals surface area (Å²) in [4.78, 5) is 46.9. The number of nitrogens with zero attached hydrogens (tertiary/aromatic N) is 2. The Hall–Kier alpha value is -2.20. The van der Waals surface area contributed by atoms with Crippen LogP contribution < -0.4 is 11.1 Å². The van der Waals surface area contributed by atoms with Crippen LogP contribution in [0.3, 0.4) is 0 Å². The predicted octanol–water partition coefficient (Wildman–Crippen LogP) is -1.31. The maximum atomic E-state index is 12.0. The number of aliphatic carboxylic acids is 2. The average Bonchev–Trinajstić information content (AvgIpc) is 2.47. The quantitative estimate of drug-likeness (QED) is 0.309. The molecule has 10 nitrogen and oxygen atoms in total. The Labute approximate surface area is 153 Å². The Kier molecular flexibility index (Phi) is 9.81.